The molecule has 2 aliphatic rings. The summed E-state index contributed by atoms with van der Waals surface area (Å²) >= 11 is 0. The van der Waals surface area contributed by atoms with Crippen molar-refractivity contribution >= 4 is 17.5 Å². The van der Waals surface area contributed by atoms with Crippen LogP contribution in [0.2, 0.25) is 0 Å². The molecular weight excluding hydrogens is 403 g/mol. The number of carbonyl (C=O) groups excluding carboxylic acids is 2. The summed E-state index contributed by atoms with van der Waals surface area (Å²) in [5.41, 5.74) is 1.41. The monoisotopic (exact) mass is 428 g/mol. The number of carbonyl (C=O) groups is 2. The Kier molecular flexibility index (Phi) is 6.08. The molecule has 4 rings (SSSR count). The van der Waals surface area contributed by atoms with E-state index in [9.17, 15) is 14.0 Å². The van der Waals surface area contributed by atoms with E-state index in [0.717, 1.165) is 5.56 Å². The van der Waals surface area contributed by atoms with E-state index in [2.05, 4.69) is 0 Å². The summed E-state index contributed by atoms with van der Waals surface area (Å²) in [4.78, 5) is 29.3. The summed E-state index contributed by atoms with van der Waals surface area (Å²) in [5.74, 6) is 0.181. The highest BCUT2D eigenvalue weighted by Gasteiger charge is 2.39. The Bertz CT molecular complexity index is 965. The van der Waals surface area contributed by atoms with Gasteiger partial charge in [0.25, 0.3) is 0 Å². The van der Waals surface area contributed by atoms with Gasteiger partial charge >= 0.3 is 0 Å². The van der Waals surface area contributed by atoms with Gasteiger partial charge in [0.2, 0.25) is 11.8 Å². The fourth-order valence-electron chi connectivity index (χ4n) is 4.10. The predicted octanol–water partition coefficient (Wildman–Crippen LogP) is 2.80. The lowest BCUT2D eigenvalue weighted by Crippen LogP contribution is -2.45. The number of amides is 2. The molecule has 7 nitrogen and oxygen atoms in total. The van der Waals surface area contributed by atoms with E-state index in [1.54, 1.807) is 47.2 Å². The molecule has 2 aromatic rings. The maximum Gasteiger partial charge on any atom is 0.228 e. The van der Waals surface area contributed by atoms with Gasteiger partial charge in [0.1, 0.15) is 23.4 Å². The summed E-state index contributed by atoms with van der Waals surface area (Å²) in [6.45, 7) is 1.50. The topological polar surface area (TPSA) is 68.3 Å². The van der Waals surface area contributed by atoms with Crippen LogP contribution in [-0.2, 0) is 14.3 Å². The first kappa shape index (κ1) is 21.1. The summed E-state index contributed by atoms with van der Waals surface area (Å²) in [5, 5.41) is 0. The molecule has 0 bridgehead atoms. The molecule has 0 aromatic heterocycles. The third kappa shape index (κ3) is 4.34. The molecule has 2 heterocycles. The van der Waals surface area contributed by atoms with Crippen molar-refractivity contribution in [2.45, 2.75) is 12.5 Å². The standard InChI is InChI=1S/C23H25FN2O5/c1-29-18-7-8-20(30-2)19(12-18)26-13-16(11-22(26)27)23(28)25-9-10-31-21(14-25)15-3-5-17(24)6-4-15/h3-8,12,16,21H,9-11,13-14H2,1-2H3. The normalized spacial score (nSPS) is 21.3. The maximum atomic E-state index is 13.2. The van der Waals surface area contributed by atoms with E-state index in [1.807, 2.05) is 0 Å². The number of benzene rings is 2. The van der Waals surface area contributed by atoms with Gasteiger partial charge in [-0.1, -0.05) is 12.1 Å². The molecular formula is C23H25FN2O5. The van der Waals surface area contributed by atoms with Gasteiger partial charge in [0.05, 0.1) is 39.0 Å². The fourth-order valence-corrected chi connectivity index (χ4v) is 4.10. The molecule has 0 N–H and O–H groups in total. The first-order chi connectivity index (χ1) is 15.0. The second-order valence-electron chi connectivity index (χ2n) is 7.64. The molecule has 2 atom stereocenters. The number of morpholine rings is 1. The number of ether oxygens (including phenoxy) is 3. The van der Waals surface area contributed by atoms with E-state index < -0.39 is 5.92 Å². The first-order valence-corrected chi connectivity index (χ1v) is 10.2. The third-order valence-electron chi connectivity index (χ3n) is 5.77. The second-order valence-corrected chi connectivity index (χ2v) is 7.64. The number of halogens is 1. The summed E-state index contributed by atoms with van der Waals surface area (Å²) in [7, 11) is 3.09. The molecule has 0 aliphatic carbocycles. The molecule has 31 heavy (non-hydrogen) atoms. The Morgan fingerprint density at radius 1 is 1.10 bits per heavy atom. The van der Waals surface area contributed by atoms with Crippen LogP contribution in [-0.4, -0.2) is 57.2 Å². The van der Waals surface area contributed by atoms with Crippen molar-refractivity contribution in [1.29, 1.82) is 0 Å². The van der Waals surface area contributed by atoms with E-state index in [1.165, 1.54) is 19.2 Å². The zero-order chi connectivity index (χ0) is 22.0. The minimum absolute atomic E-state index is 0.0758. The molecule has 2 fully saturated rings. The number of hydrogen-bond acceptors (Lipinski definition) is 5. The van der Waals surface area contributed by atoms with Crippen molar-refractivity contribution in [2.75, 3.05) is 45.4 Å². The van der Waals surface area contributed by atoms with Gasteiger partial charge in [0, 0.05) is 25.6 Å². The van der Waals surface area contributed by atoms with Crippen LogP contribution in [0.15, 0.2) is 42.5 Å². The molecule has 164 valence electrons. The van der Waals surface area contributed by atoms with Gasteiger partial charge < -0.3 is 24.0 Å². The zero-order valence-electron chi connectivity index (χ0n) is 17.5. The van der Waals surface area contributed by atoms with Crippen LogP contribution in [0, 0.1) is 11.7 Å². The van der Waals surface area contributed by atoms with Crippen LogP contribution < -0.4 is 14.4 Å². The molecule has 2 unspecified atom stereocenters. The van der Waals surface area contributed by atoms with Crippen LogP contribution in [0.5, 0.6) is 11.5 Å². The lowest BCUT2D eigenvalue weighted by molar-refractivity contribution is -0.143. The first-order valence-electron chi connectivity index (χ1n) is 10.2. The van der Waals surface area contributed by atoms with E-state index >= 15 is 0 Å². The van der Waals surface area contributed by atoms with Gasteiger partial charge in [-0.25, -0.2) is 4.39 Å². The Labute approximate surface area is 180 Å². The third-order valence-corrected chi connectivity index (χ3v) is 5.77. The molecule has 0 saturated carbocycles. The Hall–Kier alpha value is -3.13. The van der Waals surface area contributed by atoms with Crippen molar-refractivity contribution in [3.05, 3.63) is 53.8 Å². The highest BCUT2D eigenvalue weighted by atomic mass is 19.1. The average Bonchev–Trinajstić information content (AvgIpc) is 3.20. The number of rotatable bonds is 5. The van der Waals surface area contributed by atoms with Crippen LogP contribution >= 0.6 is 0 Å². The minimum Gasteiger partial charge on any atom is -0.497 e. The van der Waals surface area contributed by atoms with E-state index in [-0.39, 0.29) is 36.7 Å². The van der Waals surface area contributed by atoms with E-state index in [0.29, 0.717) is 36.9 Å². The summed E-state index contributed by atoms with van der Waals surface area (Å²) in [6.07, 6.45) is -0.178. The number of hydrogen-bond donors (Lipinski definition) is 0. The van der Waals surface area contributed by atoms with E-state index in [4.69, 9.17) is 14.2 Å². The number of nitrogens with zero attached hydrogens (tertiary/aromatic N) is 2. The van der Waals surface area contributed by atoms with Gasteiger partial charge in [-0.3, -0.25) is 9.59 Å². The van der Waals surface area contributed by atoms with Crippen molar-refractivity contribution in [3.63, 3.8) is 0 Å². The lowest BCUT2D eigenvalue weighted by Gasteiger charge is -2.34. The second kappa shape index (κ2) is 8.93. The SMILES string of the molecule is COc1ccc(OC)c(N2CC(C(=O)N3CCOC(c4ccc(F)cc4)C3)CC2=O)c1. The number of methoxy groups -OCH3 is 2. The Morgan fingerprint density at radius 3 is 2.58 bits per heavy atom. The zero-order valence-corrected chi connectivity index (χ0v) is 17.5. The van der Waals surface area contributed by atoms with Gasteiger partial charge in [0.15, 0.2) is 0 Å². The van der Waals surface area contributed by atoms with Gasteiger partial charge in [-0.05, 0) is 29.8 Å². The predicted molar refractivity (Wildman–Crippen MR) is 112 cm³/mol. The Morgan fingerprint density at radius 2 is 1.87 bits per heavy atom. The summed E-state index contributed by atoms with van der Waals surface area (Å²) < 4.78 is 29.7. The van der Waals surface area contributed by atoms with Crippen molar-refractivity contribution in [2.24, 2.45) is 5.92 Å². The molecule has 0 radical (unpaired) electrons. The molecule has 2 amide bonds. The van der Waals surface area contributed by atoms with Gasteiger partial charge in [-0.15, -0.1) is 0 Å². The largest absolute Gasteiger partial charge is 0.497 e. The Balaban J connectivity index is 1.47. The number of anilines is 1. The van der Waals surface area contributed by atoms with Gasteiger partial charge in [-0.2, -0.15) is 0 Å². The highest BCUT2D eigenvalue weighted by Crippen LogP contribution is 2.36. The van der Waals surface area contributed by atoms with Crippen molar-refractivity contribution in [1.82, 2.24) is 4.90 Å². The molecule has 0 spiro atoms. The van der Waals surface area contributed by atoms with Crippen LogP contribution in [0.25, 0.3) is 0 Å². The van der Waals surface area contributed by atoms with Crippen molar-refractivity contribution in [3.8, 4) is 11.5 Å². The average molecular weight is 428 g/mol. The fraction of sp³-hybridized carbons (Fsp3) is 0.391. The smallest absolute Gasteiger partial charge is 0.228 e. The quantitative estimate of drug-likeness (QED) is 0.733. The molecule has 8 heteroatoms. The molecule has 2 aromatic carbocycles. The molecule has 2 saturated heterocycles. The van der Waals surface area contributed by atoms with Crippen LogP contribution in [0.4, 0.5) is 10.1 Å². The minimum atomic E-state index is -0.449. The van der Waals surface area contributed by atoms with Crippen LogP contribution in [0.3, 0.4) is 0 Å². The molecule has 2 aliphatic heterocycles. The van der Waals surface area contributed by atoms with Crippen molar-refractivity contribution < 1.29 is 28.2 Å². The van der Waals surface area contributed by atoms with Crippen LogP contribution in [0.1, 0.15) is 18.1 Å². The maximum absolute atomic E-state index is 13.2. The lowest BCUT2D eigenvalue weighted by atomic mass is 10.0. The summed E-state index contributed by atoms with van der Waals surface area (Å²) in [6, 6.07) is 11.3. The highest BCUT2D eigenvalue weighted by molar-refractivity contribution is 6.01.